The first-order chi connectivity index (χ1) is 9.24. The maximum Gasteiger partial charge on any atom is 0.0931 e. The van der Waals surface area contributed by atoms with Crippen LogP contribution in [0.1, 0.15) is 43.4 Å². The Labute approximate surface area is 124 Å². The summed E-state index contributed by atoms with van der Waals surface area (Å²) in [5.74, 6) is 0.496. The van der Waals surface area contributed by atoms with Gasteiger partial charge in [0.25, 0.3) is 0 Å². The average molecular weight is 300 g/mol. The van der Waals surface area contributed by atoms with Gasteiger partial charge in [-0.15, -0.1) is 11.3 Å². The lowest BCUT2D eigenvalue weighted by molar-refractivity contribution is 0.0318. The number of hydrogen-bond donors (Lipinski definition) is 1. The Morgan fingerprint density at radius 2 is 2.11 bits per heavy atom. The number of likely N-dealkylation sites (tertiary alicyclic amines) is 1. The minimum Gasteiger partial charge on any atom is -0.393 e. The predicted molar refractivity (Wildman–Crippen MR) is 80.7 cm³/mol. The Morgan fingerprint density at radius 1 is 1.21 bits per heavy atom. The molecule has 1 saturated heterocycles. The fourth-order valence-corrected chi connectivity index (χ4v) is 4.87. The molecule has 2 nitrogen and oxygen atoms in total. The van der Waals surface area contributed by atoms with E-state index in [1.54, 1.807) is 11.3 Å². The normalized spacial score (nSPS) is 32.8. The van der Waals surface area contributed by atoms with Crippen LogP contribution in [0.3, 0.4) is 0 Å². The molecule has 1 aromatic rings. The summed E-state index contributed by atoms with van der Waals surface area (Å²) in [6.45, 7) is 2.18. The molecule has 106 valence electrons. The van der Waals surface area contributed by atoms with Crippen LogP contribution in [0.5, 0.6) is 0 Å². The molecule has 1 aliphatic heterocycles. The average Bonchev–Trinajstić information content (AvgIpc) is 2.99. The highest BCUT2D eigenvalue weighted by atomic mass is 35.5. The van der Waals surface area contributed by atoms with Crippen LogP contribution in [0.2, 0.25) is 4.34 Å². The Morgan fingerprint density at radius 3 is 2.79 bits per heavy atom. The van der Waals surface area contributed by atoms with Crippen LogP contribution in [-0.4, -0.2) is 28.7 Å². The van der Waals surface area contributed by atoms with Gasteiger partial charge in [-0.2, -0.15) is 0 Å². The molecule has 1 saturated carbocycles. The van der Waals surface area contributed by atoms with Gasteiger partial charge in [0.05, 0.1) is 10.4 Å². The summed E-state index contributed by atoms with van der Waals surface area (Å²) in [7, 11) is 0. The number of halogens is 1. The van der Waals surface area contributed by atoms with Crippen molar-refractivity contribution in [1.82, 2.24) is 4.90 Å². The number of piperidine rings is 1. The number of hydrogen-bond acceptors (Lipinski definition) is 3. The van der Waals surface area contributed by atoms with Crippen molar-refractivity contribution in [3.8, 4) is 0 Å². The molecule has 0 radical (unpaired) electrons. The molecule has 2 aliphatic rings. The summed E-state index contributed by atoms with van der Waals surface area (Å²) < 4.78 is 0.879. The highest BCUT2D eigenvalue weighted by Gasteiger charge is 2.36. The number of nitrogens with zero attached hydrogens (tertiary/aromatic N) is 1. The molecule has 1 N–H and O–H groups in total. The van der Waals surface area contributed by atoms with E-state index in [0.29, 0.717) is 12.0 Å². The fourth-order valence-electron chi connectivity index (χ4n) is 3.75. The van der Waals surface area contributed by atoms with E-state index >= 15 is 0 Å². The Balaban J connectivity index is 1.70. The molecule has 3 rings (SSSR count). The SMILES string of the molecule is OC1CCCC1C1CCCCN1Cc1ccc(Cl)s1. The van der Waals surface area contributed by atoms with E-state index in [0.717, 1.165) is 17.3 Å². The summed E-state index contributed by atoms with van der Waals surface area (Å²) in [6.07, 6.45) is 7.18. The zero-order chi connectivity index (χ0) is 13.2. The van der Waals surface area contributed by atoms with Crippen LogP contribution < -0.4 is 0 Å². The molecule has 0 spiro atoms. The topological polar surface area (TPSA) is 23.5 Å². The molecule has 1 aliphatic carbocycles. The molecule has 1 aromatic heterocycles. The number of rotatable bonds is 3. The molecule has 0 bridgehead atoms. The third kappa shape index (κ3) is 3.15. The Bertz CT molecular complexity index is 422. The maximum absolute atomic E-state index is 10.2. The molecule has 4 heteroatoms. The molecule has 19 heavy (non-hydrogen) atoms. The highest BCUT2D eigenvalue weighted by Crippen LogP contribution is 2.36. The van der Waals surface area contributed by atoms with Crippen molar-refractivity contribution in [3.63, 3.8) is 0 Å². The molecule has 3 atom stereocenters. The van der Waals surface area contributed by atoms with Gasteiger partial charge in [-0.25, -0.2) is 0 Å². The molecule has 0 aromatic carbocycles. The van der Waals surface area contributed by atoms with E-state index in [1.807, 2.05) is 6.07 Å². The number of aliphatic hydroxyl groups excluding tert-OH is 1. The second-order valence-corrected chi connectivity index (χ2v) is 7.70. The molecular weight excluding hydrogens is 278 g/mol. The summed E-state index contributed by atoms with van der Waals surface area (Å²) in [4.78, 5) is 3.94. The smallest absolute Gasteiger partial charge is 0.0931 e. The molecule has 3 unspecified atom stereocenters. The van der Waals surface area contributed by atoms with Crippen molar-refractivity contribution in [2.75, 3.05) is 6.54 Å². The van der Waals surface area contributed by atoms with Crippen LogP contribution >= 0.6 is 22.9 Å². The lowest BCUT2D eigenvalue weighted by atomic mass is 9.87. The van der Waals surface area contributed by atoms with Gasteiger partial charge < -0.3 is 5.11 Å². The first kappa shape index (κ1) is 13.9. The van der Waals surface area contributed by atoms with E-state index < -0.39 is 0 Å². The van der Waals surface area contributed by atoms with Crippen LogP contribution in [0, 0.1) is 5.92 Å². The van der Waals surface area contributed by atoms with Gasteiger partial charge in [0, 0.05) is 23.4 Å². The molecule has 2 heterocycles. The predicted octanol–water partition coefficient (Wildman–Crippen LogP) is 3.92. The van der Waals surface area contributed by atoms with Crippen molar-refractivity contribution in [1.29, 1.82) is 0 Å². The van der Waals surface area contributed by atoms with E-state index in [9.17, 15) is 5.11 Å². The molecular formula is C15H22ClNOS. The summed E-state index contributed by atoms with van der Waals surface area (Å²) in [5, 5.41) is 10.2. The maximum atomic E-state index is 10.2. The highest BCUT2D eigenvalue weighted by molar-refractivity contribution is 7.16. The first-order valence-corrected chi connectivity index (χ1v) is 8.60. The Kier molecular flexibility index (Phi) is 4.47. The summed E-state index contributed by atoms with van der Waals surface area (Å²) >= 11 is 7.71. The van der Waals surface area contributed by atoms with Gasteiger partial charge in [-0.1, -0.05) is 24.4 Å². The van der Waals surface area contributed by atoms with E-state index in [4.69, 9.17) is 11.6 Å². The zero-order valence-corrected chi connectivity index (χ0v) is 12.8. The van der Waals surface area contributed by atoms with E-state index in [2.05, 4.69) is 11.0 Å². The number of thiophene rings is 1. The van der Waals surface area contributed by atoms with Gasteiger partial charge in [0.1, 0.15) is 0 Å². The second kappa shape index (κ2) is 6.13. The van der Waals surface area contributed by atoms with Crippen LogP contribution in [0.15, 0.2) is 12.1 Å². The third-order valence-corrected chi connectivity index (χ3v) is 5.89. The molecule has 0 amide bonds. The second-order valence-electron chi connectivity index (χ2n) is 5.90. The minimum atomic E-state index is -0.0717. The minimum absolute atomic E-state index is 0.0717. The van der Waals surface area contributed by atoms with Crippen LogP contribution in [0.4, 0.5) is 0 Å². The van der Waals surface area contributed by atoms with Crippen molar-refractivity contribution < 1.29 is 5.11 Å². The summed E-state index contributed by atoms with van der Waals surface area (Å²) in [6, 6.07) is 4.71. The Hall–Kier alpha value is -0.0900. The fraction of sp³-hybridized carbons (Fsp3) is 0.733. The van der Waals surface area contributed by atoms with Gasteiger partial charge in [-0.3, -0.25) is 4.90 Å². The van der Waals surface area contributed by atoms with Crippen LogP contribution in [0.25, 0.3) is 0 Å². The zero-order valence-electron chi connectivity index (χ0n) is 11.2. The monoisotopic (exact) mass is 299 g/mol. The van der Waals surface area contributed by atoms with Gasteiger partial charge in [0.15, 0.2) is 0 Å². The van der Waals surface area contributed by atoms with Gasteiger partial charge >= 0.3 is 0 Å². The lowest BCUT2D eigenvalue weighted by Gasteiger charge is -2.40. The van der Waals surface area contributed by atoms with E-state index in [1.165, 1.54) is 43.5 Å². The van der Waals surface area contributed by atoms with Crippen molar-refractivity contribution in [2.24, 2.45) is 5.92 Å². The van der Waals surface area contributed by atoms with E-state index in [-0.39, 0.29) is 6.10 Å². The van der Waals surface area contributed by atoms with Crippen LogP contribution in [-0.2, 0) is 6.54 Å². The summed E-state index contributed by atoms with van der Waals surface area (Å²) in [5.41, 5.74) is 0. The van der Waals surface area contributed by atoms with Crippen molar-refractivity contribution >= 4 is 22.9 Å². The van der Waals surface area contributed by atoms with Crippen molar-refractivity contribution in [2.45, 2.75) is 57.2 Å². The van der Waals surface area contributed by atoms with Gasteiger partial charge in [-0.05, 0) is 44.4 Å². The van der Waals surface area contributed by atoms with Gasteiger partial charge in [0.2, 0.25) is 0 Å². The molecule has 2 fully saturated rings. The quantitative estimate of drug-likeness (QED) is 0.914. The standard InChI is InChI=1S/C15H22ClNOS/c16-15-8-7-11(19-15)10-17-9-2-1-5-13(17)12-4-3-6-14(12)18/h7-8,12-14,18H,1-6,9-10H2. The number of aliphatic hydroxyl groups is 1. The van der Waals surface area contributed by atoms with Crippen molar-refractivity contribution in [3.05, 3.63) is 21.3 Å². The largest absolute Gasteiger partial charge is 0.393 e. The third-order valence-electron chi connectivity index (χ3n) is 4.68. The lowest BCUT2D eigenvalue weighted by Crippen LogP contribution is -2.45. The first-order valence-electron chi connectivity index (χ1n) is 7.40.